The Bertz CT molecular complexity index is 686. The quantitative estimate of drug-likeness (QED) is 0.612. The molecule has 0 radical (unpaired) electrons. The molecule has 0 fully saturated rings. The molecule has 6 heteroatoms. The summed E-state index contributed by atoms with van der Waals surface area (Å²) in [6.45, 7) is 5.47. The molecule has 0 atom stereocenters. The highest BCUT2D eigenvalue weighted by atomic mass is 79.9. The maximum absolute atomic E-state index is 11.0. The van der Waals surface area contributed by atoms with E-state index in [4.69, 9.17) is 4.74 Å². The fourth-order valence-electron chi connectivity index (χ4n) is 1.82. The molecule has 2 rings (SSSR count). The average molecular weight is 337 g/mol. The zero-order valence-electron chi connectivity index (χ0n) is 11.3. The second-order valence-electron chi connectivity index (χ2n) is 4.51. The number of aromatic nitrogens is 1. The van der Waals surface area contributed by atoms with E-state index in [1.54, 1.807) is 19.2 Å². The minimum Gasteiger partial charge on any atom is -0.437 e. The van der Waals surface area contributed by atoms with E-state index in [0.717, 1.165) is 15.6 Å². The molecule has 104 valence electrons. The lowest BCUT2D eigenvalue weighted by molar-refractivity contribution is -0.385. The lowest BCUT2D eigenvalue weighted by Crippen LogP contribution is -1.97. The highest BCUT2D eigenvalue weighted by Crippen LogP contribution is 2.34. The van der Waals surface area contributed by atoms with Crippen molar-refractivity contribution in [3.63, 3.8) is 0 Å². The number of nitrogens with zero attached hydrogens (tertiary/aromatic N) is 2. The Kier molecular flexibility index (Phi) is 4.04. The number of nitro benzene ring substituents is 1. The summed E-state index contributed by atoms with van der Waals surface area (Å²) < 4.78 is 6.44. The van der Waals surface area contributed by atoms with Gasteiger partial charge in [-0.2, -0.15) is 0 Å². The summed E-state index contributed by atoms with van der Waals surface area (Å²) in [5.74, 6) is 0.826. The zero-order chi connectivity index (χ0) is 14.9. The molecule has 2 aromatic rings. The summed E-state index contributed by atoms with van der Waals surface area (Å²) in [6, 6.07) is 5.01. The standard InChI is InChI=1S/C14H13BrN2O3/c1-8-4-5-16-14(13(8)15)20-12-7-11(17(18)19)9(2)6-10(12)3/h4-7H,1-3H3. The number of rotatable bonds is 3. The predicted molar refractivity (Wildman–Crippen MR) is 79.3 cm³/mol. The molecule has 0 N–H and O–H groups in total. The summed E-state index contributed by atoms with van der Waals surface area (Å²) in [7, 11) is 0. The van der Waals surface area contributed by atoms with Crippen LogP contribution in [-0.4, -0.2) is 9.91 Å². The molecule has 0 amide bonds. The smallest absolute Gasteiger partial charge is 0.276 e. The number of pyridine rings is 1. The van der Waals surface area contributed by atoms with Crippen molar-refractivity contribution in [2.24, 2.45) is 0 Å². The summed E-state index contributed by atoms with van der Waals surface area (Å²) in [5, 5.41) is 11.0. The van der Waals surface area contributed by atoms with E-state index in [0.29, 0.717) is 17.2 Å². The van der Waals surface area contributed by atoms with Gasteiger partial charge in [0.15, 0.2) is 0 Å². The van der Waals surface area contributed by atoms with Gasteiger partial charge in [-0.05, 0) is 60.0 Å². The molecule has 0 saturated carbocycles. The van der Waals surface area contributed by atoms with E-state index in [1.165, 1.54) is 6.07 Å². The van der Waals surface area contributed by atoms with Crippen LogP contribution in [0.25, 0.3) is 0 Å². The third kappa shape index (κ3) is 2.80. The van der Waals surface area contributed by atoms with Crippen LogP contribution in [0, 0.1) is 30.9 Å². The summed E-state index contributed by atoms with van der Waals surface area (Å²) >= 11 is 3.40. The van der Waals surface area contributed by atoms with E-state index in [-0.39, 0.29) is 5.69 Å². The summed E-state index contributed by atoms with van der Waals surface area (Å²) in [5.41, 5.74) is 2.45. The molecular formula is C14H13BrN2O3. The van der Waals surface area contributed by atoms with Gasteiger partial charge in [-0.1, -0.05) is 0 Å². The Morgan fingerprint density at radius 3 is 2.55 bits per heavy atom. The molecular weight excluding hydrogens is 324 g/mol. The first-order chi connectivity index (χ1) is 9.40. The van der Waals surface area contributed by atoms with Crippen LogP contribution in [0.5, 0.6) is 11.6 Å². The second kappa shape index (κ2) is 5.58. The third-order valence-corrected chi connectivity index (χ3v) is 3.91. The Labute approximate surface area is 124 Å². The normalized spacial score (nSPS) is 10.4. The third-order valence-electron chi connectivity index (χ3n) is 2.95. The van der Waals surface area contributed by atoms with Gasteiger partial charge in [-0.15, -0.1) is 0 Å². The van der Waals surface area contributed by atoms with E-state index < -0.39 is 4.92 Å². The number of nitro groups is 1. The van der Waals surface area contributed by atoms with Crippen molar-refractivity contribution in [1.29, 1.82) is 0 Å². The van der Waals surface area contributed by atoms with Crippen LogP contribution >= 0.6 is 15.9 Å². The molecule has 0 saturated heterocycles. The topological polar surface area (TPSA) is 65.3 Å². The Balaban J connectivity index is 2.46. The molecule has 0 aliphatic rings. The Morgan fingerprint density at radius 2 is 1.90 bits per heavy atom. The van der Waals surface area contributed by atoms with Crippen LogP contribution in [0.2, 0.25) is 0 Å². The fraction of sp³-hybridized carbons (Fsp3) is 0.214. The molecule has 5 nitrogen and oxygen atoms in total. The zero-order valence-corrected chi connectivity index (χ0v) is 12.9. The number of hydrogen-bond donors (Lipinski definition) is 0. The van der Waals surface area contributed by atoms with Gasteiger partial charge in [-0.25, -0.2) is 4.98 Å². The molecule has 1 aromatic heterocycles. The van der Waals surface area contributed by atoms with Crippen LogP contribution < -0.4 is 4.74 Å². The van der Waals surface area contributed by atoms with Crippen molar-refractivity contribution >= 4 is 21.6 Å². The van der Waals surface area contributed by atoms with Gasteiger partial charge in [0.2, 0.25) is 5.88 Å². The van der Waals surface area contributed by atoms with Crippen molar-refractivity contribution in [2.75, 3.05) is 0 Å². The molecule has 1 aromatic carbocycles. The van der Waals surface area contributed by atoms with E-state index >= 15 is 0 Å². The van der Waals surface area contributed by atoms with Gasteiger partial charge in [0, 0.05) is 11.8 Å². The maximum atomic E-state index is 11.0. The first kappa shape index (κ1) is 14.5. The number of aryl methyl sites for hydroxylation is 3. The number of benzene rings is 1. The predicted octanol–water partition coefficient (Wildman–Crippen LogP) is 4.47. The first-order valence-corrected chi connectivity index (χ1v) is 6.74. The Morgan fingerprint density at radius 1 is 1.20 bits per heavy atom. The van der Waals surface area contributed by atoms with Crippen LogP contribution in [0.1, 0.15) is 16.7 Å². The molecule has 1 heterocycles. The van der Waals surface area contributed by atoms with Crippen molar-refractivity contribution < 1.29 is 9.66 Å². The minimum absolute atomic E-state index is 0.0365. The van der Waals surface area contributed by atoms with Crippen LogP contribution in [0.3, 0.4) is 0 Å². The van der Waals surface area contributed by atoms with E-state index in [2.05, 4.69) is 20.9 Å². The average Bonchev–Trinajstić information content (AvgIpc) is 2.37. The molecule has 0 aliphatic carbocycles. The van der Waals surface area contributed by atoms with E-state index in [1.807, 2.05) is 19.9 Å². The van der Waals surface area contributed by atoms with E-state index in [9.17, 15) is 10.1 Å². The maximum Gasteiger partial charge on any atom is 0.276 e. The highest BCUT2D eigenvalue weighted by molar-refractivity contribution is 9.10. The van der Waals surface area contributed by atoms with Gasteiger partial charge < -0.3 is 4.74 Å². The molecule has 0 bridgehead atoms. The lowest BCUT2D eigenvalue weighted by Gasteiger charge is -2.11. The summed E-state index contributed by atoms with van der Waals surface area (Å²) in [4.78, 5) is 14.7. The van der Waals surface area contributed by atoms with Gasteiger partial charge in [-0.3, -0.25) is 10.1 Å². The van der Waals surface area contributed by atoms with Crippen LogP contribution in [0.4, 0.5) is 5.69 Å². The molecule has 20 heavy (non-hydrogen) atoms. The summed E-state index contributed by atoms with van der Waals surface area (Å²) in [6.07, 6.45) is 1.63. The largest absolute Gasteiger partial charge is 0.437 e. The number of ether oxygens (including phenoxy) is 1. The number of hydrogen-bond acceptors (Lipinski definition) is 4. The Hall–Kier alpha value is -1.95. The molecule has 0 spiro atoms. The lowest BCUT2D eigenvalue weighted by atomic mass is 10.1. The number of halogens is 1. The van der Waals surface area contributed by atoms with Gasteiger partial charge in [0.05, 0.1) is 15.5 Å². The van der Waals surface area contributed by atoms with Gasteiger partial charge >= 0.3 is 0 Å². The minimum atomic E-state index is -0.416. The second-order valence-corrected chi connectivity index (χ2v) is 5.30. The van der Waals surface area contributed by atoms with Crippen molar-refractivity contribution in [1.82, 2.24) is 4.98 Å². The van der Waals surface area contributed by atoms with Crippen LogP contribution in [-0.2, 0) is 0 Å². The fourth-order valence-corrected chi connectivity index (χ4v) is 2.13. The highest BCUT2D eigenvalue weighted by Gasteiger charge is 2.16. The first-order valence-electron chi connectivity index (χ1n) is 5.94. The molecule has 0 aliphatic heterocycles. The monoisotopic (exact) mass is 336 g/mol. The van der Waals surface area contributed by atoms with Crippen molar-refractivity contribution in [3.8, 4) is 11.6 Å². The van der Waals surface area contributed by atoms with Crippen LogP contribution in [0.15, 0.2) is 28.9 Å². The van der Waals surface area contributed by atoms with Gasteiger partial charge in [0.25, 0.3) is 5.69 Å². The SMILES string of the molecule is Cc1cc(C)c([N+](=O)[O-])cc1Oc1nccc(C)c1Br. The van der Waals surface area contributed by atoms with Crippen molar-refractivity contribution in [3.05, 3.63) is 55.7 Å². The van der Waals surface area contributed by atoms with Crippen molar-refractivity contribution in [2.45, 2.75) is 20.8 Å². The molecule has 0 unspecified atom stereocenters. The van der Waals surface area contributed by atoms with Gasteiger partial charge in [0.1, 0.15) is 5.75 Å².